The van der Waals surface area contributed by atoms with Crippen LogP contribution in [0.2, 0.25) is 0 Å². The van der Waals surface area contributed by atoms with E-state index in [1.54, 1.807) is 20.7 Å². The molecule has 17 aromatic carbocycles. The molecule has 0 bridgehead atoms. The maximum atomic E-state index is 4.22. The highest BCUT2D eigenvalue weighted by molar-refractivity contribution is 7.13. The van der Waals surface area contributed by atoms with Crippen molar-refractivity contribution < 1.29 is 0 Å². The molecule has 3 aromatic heterocycles. The van der Waals surface area contributed by atoms with Gasteiger partial charge in [-0.2, -0.15) is 0 Å². The Balaban J connectivity index is 0.000000118. The molecule has 6 nitrogen and oxygen atoms in total. The van der Waals surface area contributed by atoms with Gasteiger partial charge in [-0.25, -0.2) is 9.36 Å². The van der Waals surface area contributed by atoms with Gasteiger partial charge in [-0.1, -0.05) is 462 Å². The SMILES string of the molecule is Cc1cc(-c2ccccc2)ccc1-c1ccccc1.Cc1ccc(-c2ccc(-c3ccccc3)cc2)cc1.Cc1ccc(-c2cccc(-c3ccccc3)c2)cc1.Cc1ccc(-c2cccs2)cc1.Cc1ccc(-c2cn(-c3ccccc3)nn2)cc1.Cc1cccc(-c2ccc(-c3ccccc3)cc2)c1.Cc1cccc(-c2cn(-c3ccccc3)nn2)c1. The van der Waals surface area contributed by atoms with Crippen LogP contribution < -0.4 is 0 Å². The number of hydrogen-bond acceptors (Lipinski definition) is 5. The fourth-order valence-electron chi connectivity index (χ4n) is 14.1. The third-order valence-electron chi connectivity index (χ3n) is 21.0. The van der Waals surface area contributed by atoms with Crippen LogP contribution in [0.25, 0.3) is 133 Å². The lowest BCUT2D eigenvalue weighted by Crippen LogP contribution is -1.93. The highest BCUT2D eigenvalue weighted by Gasteiger charge is 2.10. The molecule has 0 spiro atoms. The Kier molecular flexibility index (Phi) is 29.9. The molecule has 0 fully saturated rings. The van der Waals surface area contributed by atoms with Gasteiger partial charge in [0.25, 0.3) is 0 Å². The van der Waals surface area contributed by atoms with Crippen LogP contribution in [0.1, 0.15) is 38.9 Å². The normalized spacial score (nSPS) is 10.4. The van der Waals surface area contributed by atoms with Crippen molar-refractivity contribution in [3.05, 3.63) is 518 Å². The summed E-state index contributed by atoms with van der Waals surface area (Å²) in [6, 6.07) is 161. The van der Waals surface area contributed by atoms with E-state index < -0.39 is 0 Å². The van der Waals surface area contributed by atoms with Gasteiger partial charge in [0.05, 0.1) is 23.8 Å². The quantitative estimate of drug-likeness (QED) is 0.115. The molecule has 0 aliphatic rings. The molecule has 0 aliphatic carbocycles. The monoisotopic (exact) mass is 1620 g/mol. The van der Waals surface area contributed by atoms with Crippen LogP contribution in [0.15, 0.2) is 479 Å². The van der Waals surface area contributed by atoms with Crippen molar-refractivity contribution in [1.29, 1.82) is 0 Å². The highest BCUT2D eigenvalue weighted by Crippen LogP contribution is 2.33. The molecule has 0 unspecified atom stereocenters. The fraction of sp³-hybridized carbons (Fsp3) is 0.0598. The minimum atomic E-state index is 0.888. The molecule has 604 valence electrons. The standard InChI is InChI=1S/4C19H16.2C15H13N3.C11H10S/c1-15-14-18(16-8-4-2-5-9-16)12-13-19(15)17-10-6-3-7-11-17;1-15-6-5-9-19(14-15)18-12-10-17(11-13-18)16-7-3-2-4-8-16;1-15-10-12-17(13-11-15)19-9-5-8-18(14-19)16-6-3-2-4-7-16;1-15-7-9-17(10-8-15)19-13-11-18(12-14-19)16-5-3-2-4-6-16;1-12-6-5-7-13(10-12)15-11-18(17-16-15)14-8-3-2-4-9-14;1-12-7-9-13(10-8-12)15-11-18(17-16-15)14-5-3-2-4-6-14;1-9-4-6-10(7-5-9)11-3-2-8-12-11/h4*2-14H,1H3;2*2-11H,1H3;2-8H,1H3. The lowest BCUT2D eigenvalue weighted by molar-refractivity contribution is 0.804. The van der Waals surface area contributed by atoms with Crippen LogP contribution in [0.3, 0.4) is 0 Å². The summed E-state index contributed by atoms with van der Waals surface area (Å²) in [4.78, 5) is 1.34. The first-order valence-corrected chi connectivity index (χ1v) is 42.8. The van der Waals surface area contributed by atoms with E-state index in [4.69, 9.17) is 0 Å². The average Bonchev–Trinajstić information content (AvgIpc) is 1.48. The third-order valence-corrected chi connectivity index (χ3v) is 22.0. The first kappa shape index (κ1) is 85.1. The van der Waals surface area contributed by atoms with E-state index in [1.165, 1.54) is 138 Å². The maximum Gasteiger partial charge on any atom is 0.113 e. The summed E-state index contributed by atoms with van der Waals surface area (Å²) >= 11 is 1.78. The fourth-order valence-corrected chi connectivity index (χ4v) is 14.8. The van der Waals surface area contributed by atoms with Gasteiger partial charge in [0, 0.05) is 16.0 Å². The van der Waals surface area contributed by atoms with Crippen LogP contribution in [-0.2, 0) is 0 Å². The third kappa shape index (κ3) is 24.5. The molecule has 0 amide bonds. The summed E-state index contributed by atoms with van der Waals surface area (Å²) in [6.07, 6.45) is 3.89. The van der Waals surface area contributed by atoms with Gasteiger partial charge in [-0.05, 0) is 196 Å². The Bertz CT molecular complexity index is 6560. The van der Waals surface area contributed by atoms with Gasteiger partial charge >= 0.3 is 0 Å². The van der Waals surface area contributed by atoms with E-state index >= 15 is 0 Å². The molecule has 0 N–H and O–H groups in total. The molecule has 0 saturated carbocycles. The second-order valence-corrected chi connectivity index (χ2v) is 31.5. The summed E-state index contributed by atoms with van der Waals surface area (Å²) in [5, 5.41) is 18.8. The van der Waals surface area contributed by atoms with Crippen molar-refractivity contribution in [2.24, 2.45) is 0 Å². The van der Waals surface area contributed by atoms with Gasteiger partial charge in [0.15, 0.2) is 0 Å². The minimum Gasteiger partial charge on any atom is -0.220 e. The van der Waals surface area contributed by atoms with Crippen molar-refractivity contribution in [1.82, 2.24) is 30.0 Å². The Morgan fingerprint density at radius 2 is 0.452 bits per heavy atom. The summed E-state index contributed by atoms with van der Waals surface area (Å²) in [6.45, 7) is 14.8. The van der Waals surface area contributed by atoms with Gasteiger partial charge in [0.1, 0.15) is 11.4 Å². The summed E-state index contributed by atoms with van der Waals surface area (Å²) in [5.41, 5.74) is 36.6. The predicted octanol–water partition coefficient (Wildman–Crippen LogP) is 31.5. The van der Waals surface area contributed by atoms with Gasteiger partial charge in [-0.3, -0.25) is 0 Å². The van der Waals surface area contributed by atoms with E-state index in [0.717, 1.165) is 33.9 Å². The largest absolute Gasteiger partial charge is 0.220 e. The lowest BCUT2D eigenvalue weighted by Gasteiger charge is -2.09. The lowest BCUT2D eigenvalue weighted by atomic mass is 9.96. The molecule has 124 heavy (non-hydrogen) atoms. The van der Waals surface area contributed by atoms with E-state index in [1.807, 2.05) is 103 Å². The Hall–Kier alpha value is -15.3. The predicted molar refractivity (Wildman–Crippen MR) is 526 cm³/mol. The zero-order valence-electron chi connectivity index (χ0n) is 71.2. The van der Waals surface area contributed by atoms with Crippen molar-refractivity contribution >= 4 is 11.3 Å². The van der Waals surface area contributed by atoms with Gasteiger partial charge in [0.2, 0.25) is 0 Å². The molecule has 20 rings (SSSR count). The van der Waals surface area contributed by atoms with E-state index in [0.29, 0.717) is 0 Å². The second-order valence-electron chi connectivity index (χ2n) is 30.5. The minimum absolute atomic E-state index is 0.888. The molecule has 7 heteroatoms. The Morgan fingerprint density at radius 1 is 0.185 bits per heavy atom. The topological polar surface area (TPSA) is 61.4 Å². The molecular weight excluding hydrogens is 1520 g/mol. The second kappa shape index (κ2) is 43.6. The van der Waals surface area contributed by atoms with Crippen LogP contribution >= 0.6 is 11.3 Å². The number of aromatic nitrogens is 6. The zero-order valence-corrected chi connectivity index (χ0v) is 72.0. The zero-order chi connectivity index (χ0) is 85.4. The summed E-state index contributed by atoms with van der Waals surface area (Å²) in [7, 11) is 0. The van der Waals surface area contributed by atoms with Crippen molar-refractivity contribution in [3.8, 4) is 133 Å². The van der Waals surface area contributed by atoms with Crippen molar-refractivity contribution in [3.63, 3.8) is 0 Å². The Morgan fingerprint density at radius 3 is 0.815 bits per heavy atom. The molecule has 0 aliphatic heterocycles. The molecule has 20 aromatic rings. The maximum absolute atomic E-state index is 4.22. The highest BCUT2D eigenvalue weighted by atomic mass is 32.1. The van der Waals surface area contributed by atoms with Gasteiger partial charge in [-0.15, -0.1) is 21.5 Å². The molecule has 3 heterocycles. The van der Waals surface area contributed by atoms with E-state index in [2.05, 4.69) is 445 Å². The van der Waals surface area contributed by atoms with E-state index in [-0.39, 0.29) is 0 Å². The van der Waals surface area contributed by atoms with Crippen LogP contribution in [0.4, 0.5) is 0 Å². The molecule has 0 radical (unpaired) electrons. The number of benzene rings is 17. The number of nitrogens with zero attached hydrogens (tertiary/aromatic N) is 6. The number of thiophene rings is 1. The summed E-state index contributed by atoms with van der Waals surface area (Å²) < 4.78 is 3.58. The number of rotatable bonds is 13. The molecular formula is C117H100N6S. The van der Waals surface area contributed by atoms with Crippen molar-refractivity contribution in [2.45, 2.75) is 48.5 Å². The van der Waals surface area contributed by atoms with Crippen LogP contribution in [0.5, 0.6) is 0 Å². The average molecular weight is 1620 g/mol. The number of para-hydroxylation sites is 2. The van der Waals surface area contributed by atoms with Crippen molar-refractivity contribution in [2.75, 3.05) is 0 Å². The first-order valence-electron chi connectivity index (χ1n) is 41.9. The number of aryl methyl sites for hydroxylation is 7. The number of hydrogen-bond donors (Lipinski definition) is 0. The summed E-state index contributed by atoms with van der Waals surface area (Å²) in [5.74, 6) is 0. The Labute approximate surface area is 735 Å². The first-order chi connectivity index (χ1) is 60.8. The van der Waals surface area contributed by atoms with Crippen LogP contribution in [-0.4, -0.2) is 30.0 Å². The molecule has 0 atom stereocenters. The molecule has 0 saturated heterocycles. The van der Waals surface area contributed by atoms with E-state index in [9.17, 15) is 0 Å². The smallest absolute Gasteiger partial charge is 0.113 e. The van der Waals surface area contributed by atoms with Gasteiger partial charge < -0.3 is 0 Å². The van der Waals surface area contributed by atoms with Crippen LogP contribution in [0, 0.1) is 48.5 Å².